The van der Waals surface area contributed by atoms with Crippen molar-refractivity contribution in [3.8, 4) is 5.75 Å². The summed E-state index contributed by atoms with van der Waals surface area (Å²) < 4.78 is 10.2. The van der Waals surface area contributed by atoms with Gasteiger partial charge < -0.3 is 19.7 Å². The van der Waals surface area contributed by atoms with Crippen molar-refractivity contribution in [3.63, 3.8) is 0 Å². The molecule has 1 saturated heterocycles. The summed E-state index contributed by atoms with van der Waals surface area (Å²) in [5, 5.41) is 2.50. The van der Waals surface area contributed by atoms with Crippen LogP contribution in [-0.2, 0) is 14.3 Å². The lowest BCUT2D eigenvalue weighted by Gasteiger charge is -2.39. The van der Waals surface area contributed by atoms with Gasteiger partial charge in [0.15, 0.2) is 6.61 Å². The Hall–Kier alpha value is -2.57. The number of hydrogen-bond acceptors (Lipinski definition) is 5. The molecule has 2 fully saturated rings. The van der Waals surface area contributed by atoms with Crippen LogP contribution in [0.25, 0.3) is 0 Å². The summed E-state index contributed by atoms with van der Waals surface area (Å²) in [5.74, 6) is -0.651. The van der Waals surface area contributed by atoms with Crippen molar-refractivity contribution in [2.24, 2.45) is 10.8 Å². The van der Waals surface area contributed by atoms with Gasteiger partial charge in [-0.3, -0.25) is 14.4 Å². The van der Waals surface area contributed by atoms with Crippen molar-refractivity contribution in [3.05, 3.63) is 29.8 Å². The zero-order valence-corrected chi connectivity index (χ0v) is 17.6. The molecule has 1 aromatic carbocycles. The van der Waals surface area contributed by atoms with E-state index in [1.54, 1.807) is 24.3 Å². The van der Waals surface area contributed by atoms with E-state index in [1.165, 1.54) is 7.11 Å². The highest BCUT2D eigenvalue weighted by molar-refractivity contribution is 5.96. The highest BCUT2D eigenvalue weighted by Gasteiger charge is 2.50. The fourth-order valence-electron chi connectivity index (χ4n) is 5.05. The fraction of sp³-hybridized carbons (Fsp3) is 0.591. The van der Waals surface area contributed by atoms with E-state index in [4.69, 9.17) is 9.47 Å². The maximum Gasteiger partial charge on any atom is 0.325 e. The Morgan fingerprint density at radius 2 is 1.97 bits per heavy atom. The number of hydrogen-bond donors (Lipinski definition) is 1. The van der Waals surface area contributed by atoms with Crippen LogP contribution in [0, 0.1) is 10.8 Å². The molecule has 0 aromatic heterocycles. The van der Waals surface area contributed by atoms with E-state index in [9.17, 15) is 14.4 Å². The van der Waals surface area contributed by atoms with Crippen LogP contribution in [0.4, 0.5) is 0 Å². The largest absolute Gasteiger partial charge is 0.497 e. The predicted octanol–water partition coefficient (Wildman–Crippen LogP) is 2.40. The van der Waals surface area contributed by atoms with Gasteiger partial charge in [0.25, 0.3) is 11.8 Å². The second kappa shape index (κ2) is 8.05. The van der Waals surface area contributed by atoms with E-state index < -0.39 is 11.9 Å². The molecule has 2 aliphatic rings. The molecule has 3 rings (SSSR count). The van der Waals surface area contributed by atoms with Crippen LogP contribution in [0.3, 0.4) is 0 Å². The minimum Gasteiger partial charge on any atom is -0.497 e. The third kappa shape index (κ3) is 5.08. The topological polar surface area (TPSA) is 84.9 Å². The lowest BCUT2D eigenvalue weighted by Crippen LogP contribution is -2.40. The molecule has 7 nitrogen and oxygen atoms in total. The summed E-state index contributed by atoms with van der Waals surface area (Å²) in [6, 6.07) is 6.84. The Morgan fingerprint density at radius 1 is 1.21 bits per heavy atom. The number of ether oxygens (including phenoxy) is 2. The molecule has 29 heavy (non-hydrogen) atoms. The van der Waals surface area contributed by atoms with E-state index in [2.05, 4.69) is 26.1 Å². The van der Waals surface area contributed by atoms with E-state index >= 15 is 0 Å². The maximum absolute atomic E-state index is 12.6. The first-order valence-electron chi connectivity index (χ1n) is 9.98. The number of carbonyl (C=O) groups is 3. The van der Waals surface area contributed by atoms with Crippen molar-refractivity contribution in [2.45, 2.75) is 46.1 Å². The van der Waals surface area contributed by atoms with Crippen LogP contribution in [-0.4, -0.2) is 55.5 Å². The number of benzene rings is 1. The summed E-state index contributed by atoms with van der Waals surface area (Å²) in [4.78, 5) is 38.6. The molecule has 2 atom stereocenters. The number of esters is 1. The van der Waals surface area contributed by atoms with E-state index in [0.29, 0.717) is 17.9 Å². The molecular formula is C22H30N2O5. The number of fused-ring (bicyclic) bond motifs is 2. The smallest absolute Gasteiger partial charge is 0.325 e. The predicted molar refractivity (Wildman–Crippen MR) is 108 cm³/mol. The van der Waals surface area contributed by atoms with Gasteiger partial charge in [-0.25, -0.2) is 0 Å². The van der Waals surface area contributed by atoms with Gasteiger partial charge in [-0.1, -0.05) is 26.8 Å². The molecule has 7 heteroatoms. The normalized spacial score (nSPS) is 24.7. The van der Waals surface area contributed by atoms with Gasteiger partial charge in [0.1, 0.15) is 12.3 Å². The summed E-state index contributed by atoms with van der Waals surface area (Å²) in [5.41, 5.74) is 0.735. The highest BCUT2D eigenvalue weighted by Crippen LogP contribution is 2.52. The summed E-state index contributed by atoms with van der Waals surface area (Å²) in [7, 11) is 1.51. The summed E-state index contributed by atoms with van der Waals surface area (Å²) in [6.45, 7) is 6.85. The molecule has 1 aliphatic heterocycles. The van der Waals surface area contributed by atoms with Gasteiger partial charge >= 0.3 is 5.97 Å². The lowest BCUT2D eigenvalue weighted by atomic mass is 9.65. The van der Waals surface area contributed by atoms with Gasteiger partial charge in [0.2, 0.25) is 0 Å². The Labute approximate surface area is 171 Å². The minimum absolute atomic E-state index is 0.136. The van der Waals surface area contributed by atoms with Crippen molar-refractivity contribution in [1.82, 2.24) is 10.2 Å². The third-order valence-corrected chi connectivity index (χ3v) is 5.82. The fourth-order valence-corrected chi connectivity index (χ4v) is 5.05. The van der Waals surface area contributed by atoms with Crippen molar-refractivity contribution in [2.75, 3.05) is 26.8 Å². The first-order valence-corrected chi connectivity index (χ1v) is 9.98. The van der Waals surface area contributed by atoms with E-state index in [-0.39, 0.29) is 35.9 Å². The number of methoxy groups -OCH3 is 1. The minimum atomic E-state index is -0.636. The quantitative estimate of drug-likeness (QED) is 0.739. The van der Waals surface area contributed by atoms with Gasteiger partial charge in [0.05, 0.1) is 7.11 Å². The molecule has 1 saturated carbocycles. The van der Waals surface area contributed by atoms with E-state index in [1.807, 2.05) is 4.90 Å². The van der Waals surface area contributed by atoms with Crippen LogP contribution in [0.15, 0.2) is 24.3 Å². The first-order chi connectivity index (χ1) is 13.6. The molecule has 0 radical (unpaired) electrons. The number of rotatable bonds is 6. The van der Waals surface area contributed by atoms with Crippen LogP contribution in [0.1, 0.15) is 50.4 Å². The Kier molecular flexibility index (Phi) is 5.87. The van der Waals surface area contributed by atoms with Gasteiger partial charge in [0, 0.05) is 18.2 Å². The molecular weight excluding hydrogens is 372 g/mol. The molecule has 1 heterocycles. The average Bonchev–Trinajstić information content (AvgIpc) is 2.92. The number of nitrogens with zero attached hydrogens (tertiary/aromatic N) is 1. The van der Waals surface area contributed by atoms with Gasteiger partial charge in [-0.05, 0) is 48.3 Å². The summed E-state index contributed by atoms with van der Waals surface area (Å²) in [6.07, 6.45) is 3.07. The van der Waals surface area contributed by atoms with Crippen LogP contribution >= 0.6 is 0 Å². The molecule has 0 spiro atoms. The van der Waals surface area contributed by atoms with E-state index in [0.717, 1.165) is 19.3 Å². The van der Waals surface area contributed by atoms with Crippen LogP contribution in [0.5, 0.6) is 5.75 Å². The third-order valence-electron chi connectivity index (χ3n) is 5.82. The highest BCUT2D eigenvalue weighted by atomic mass is 16.5. The molecule has 2 amide bonds. The number of carbonyl (C=O) groups excluding carboxylic acids is 3. The Balaban J connectivity index is 1.46. The average molecular weight is 402 g/mol. The van der Waals surface area contributed by atoms with Gasteiger partial charge in [-0.2, -0.15) is 0 Å². The maximum atomic E-state index is 12.6. The standard InChI is InChI=1S/C22H30N2O5/c1-21(2)9-16-10-22(3,13-21)14-24(16)18(25)12-29-19(26)11-23-20(27)15-6-5-7-17(8-15)28-4/h5-8,16H,9-14H2,1-4H3,(H,23,27)/t16-,22-/m1/s1. The Morgan fingerprint density at radius 3 is 2.69 bits per heavy atom. The first kappa shape index (κ1) is 21.1. The van der Waals surface area contributed by atoms with Crippen LogP contribution in [0.2, 0.25) is 0 Å². The van der Waals surface area contributed by atoms with Crippen molar-refractivity contribution in [1.29, 1.82) is 0 Å². The van der Waals surface area contributed by atoms with Crippen LogP contribution < -0.4 is 10.1 Å². The molecule has 0 unspecified atom stereocenters. The van der Waals surface area contributed by atoms with Crippen molar-refractivity contribution >= 4 is 17.8 Å². The monoisotopic (exact) mass is 402 g/mol. The zero-order chi connectivity index (χ0) is 21.2. The Bertz CT molecular complexity index is 806. The number of amides is 2. The molecule has 158 valence electrons. The molecule has 2 bridgehead atoms. The lowest BCUT2D eigenvalue weighted by molar-refractivity contribution is -0.151. The number of nitrogens with one attached hydrogen (secondary N) is 1. The molecule has 1 aromatic rings. The van der Waals surface area contributed by atoms with Crippen molar-refractivity contribution < 1.29 is 23.9 Å². The zero-order valence-electron chi connectivity index (χ0n) is 17.6. The molecule has 1 N–H and O–H groups in total. The number of likely N-dealkylation sites (tertiary alicyclic amines) is 1. The summed E-state index contributed by atoms with van der Waals surface area (Å²) >= 11 is 0. The SMILES string of the molecule is COc1cccc(C(=O)NCC(=O)OCC(=O)N2C[C@]3(C)C[C@H]2CC(C)(C)C3)c1. The second-order valence-electron chi connectivity index (χ2n) is 9.31. The molecule has 1 aliphatic carbocycles. The van der Waals surface area contributed by atoms with Gasteiger partial charge in [-0.15, -0.1) is 0 Å². The second-order valence-corrected chi connectivity index (χ2v) is 9.31.